The van der Waals surface area contributed by atoms with Gasteiger partial charge in [0.25, 0.3) is 10.0 Å². The van der Waals surface area contributed by atoms with Crippen molar-refractivity contribution in [2.45, 2.75) is 4.90 Å². The molecule has 4 rings (SSSR count). The summed E-state index contributed by atoms with van der Waals surface area (Å²) in [6.07, 6.45) is 0. The number of nitrogens with one attached hydrogen (secondary N) is 1. The molecule has 3 aromatic rings. The Bertz CT molecular complexity index is 1070. The summed E-state index contributed by atoms with van der Waals surface area (Å²) >= 11 is 0. The lowest BCUT2D eigenvalue weighted by atomic mass is 10.1. The molecule has 5 nitrogen and oxygen atoms in total. The lowest BCUT2D eigenvalue weighted by Crippen LogP contribution is -2.11. The number of fused-ring (bicyclic) bond motifs is 2. The molecule has 0 unspecified atom stereocenters. The van der Waals surface area contributed by atoms with E-state index in [0.29, 0.717) is 16.6 Å². The molecule has 0 radical (unpaired) electrons. The van der Waals surface area contributed by atoms with Gasteiger partial charge in [0.2, 0.25) is 0 Å². The number of anilines is 1. The van der Waals surface area contributed by atoms with Crippen LogP contribution in [0, 0.1) is 0 Å². The highest BCUT2D eigenvalue weighted by atomic mass is 32.2. The molecule has 1 heterocycles. The number of amidine groups is 1. The Morgan fingerprint density at radius 3 is 2.48 bits per heavy atom. The van der Waals surface area contributed by atoms with Gasteiger partial charge < -0.3 is 10.4 Å². The summed E-state index contributed by atoms with van der Waals surface area (Å²) in [4.78, 5) is 0.200. The van der Waals surface area contributed by atoms with Crippen LogP contribution in [0.2, 0.25) is 0 Å². The van der Waals surface area contributed by atoms with Gasteiger partial charge in [-0.2, -0.15) is 8.42 Å². The molecule has 1 aliphatic rings. The van der Waals surface area contributed by atoms with Crippen molar-refractivity contribution >= 4 is 32.3 Å². The zero-order valence-electron chi connectivity index (χ0n) is 11.9. The van der Waals surface area contributed by atoms with E-state index >= 15 is 0 Å². The molecule has 0 fully saturated rings. The molecule has 0 saturated carbocycles. The van der Waals surface area contributed by atoms with Crippen LogP contribution in [0.15, 0.2) is 70.0 Å². The standard InChI is InChI=1S/C17H12N2O3S/c20-15-9-4-6-11-12(15)7-3-8-14(11)18-17-13-5-1-2-10-16(13)23(21,22)19-17/h1-10,20H,(H,18,19). The van der Waals surface area contributed by atoms with E-state index in [1.807, 2.05) is 12.1 Å². The minimum atomic E-state index is -3.66. The molecule has 0 amide bonds. The fourth-order valence-electron chi connectivity index (χ4n) is 2.73. The van der Waals surface area contributed by atoms with E-state index < -0.39 is 10.0 Å². The quantitative estimate of drug-likeness (QED) is 0.721. The maximum atomic E-state index is 12.1. The average molecular weight is 324 g/mol. The summed E-state index contributed by atoms with van der Waals surface area (Å²) in [6.45, 7) is 0. The van der Waals surface area contributed by atoms with Crippen LogP contribution in [-0.2, 0) is 10.0 Å². The monoisotopic (exact) mass is 324 g/mol. The molecule has 3 aromatic carbocycles. The third-order valence-electron chi connectivity index (χ3n) is 3.78. The number of aromatic hydroxyl groups is 1. The van der Waals surface area contributed by atoms with E-state index in [0.717, 1.165) is 5.39 Å². The summed E-state index contributed by atoms with van der Waals surface area (Å²) in [5, 5.41) is 14.5. The summed E-state index contributed by atoms with van der Waals surface area (Å²) in [5.74, 6) is 0.462. The predicted octanol–water partition coefficient (Wildman–Crippen LogP) is 3.11. The van der Waals surface area contributed by atoms with Crippen molar-refractivity contribution in [1.29, 1.82) is 0 Å². The topological polar surface area (TPSA) is 78.8 Å². The van der Waals surface area contributed by atoms with Crippen molar-refractivity contribution in [1.82, 2.24) is 0 Å². The number of sulfonamides is 1. The van der Waals surface area contributed by atoms with Gasteiger partial charge in [-0.05, 0) is 24.3 Å². The van der Waals surface area contributed by atoms with Crippen molar-refractivity contribution in [2.75, 3.05) is 5.32 Å². The van der Waals surface area contributed by atoms with Crippen LogP contribution in [0.4, 0.5) is 5.69 Å². The Balaban J connectivity index is 1.86. The van der Waals surface area contributed by atoms with Crippen LogP contribution in [0.1, 0.15) is 5.56 Å². The van der Waals surface area contributed by atoms with Gasteiger partial charge in [0.15, 0.2) is 5.84 Å². The van der Waals surface area contributed by atoms with E-state index in [4.69, 9.17) is 0 Å². The normalized spacial score (nSPS) is 15.2. The highest BCUT2D eigenvalue weighted by Crippen LogP contribution is 2.32. The number of phenolic OH excluding ortho intramolecular Hbond substituents is 1. The zero-order valence-corrected chi connectivity index (χ0v) is 12.7. The largest absolute Gasteiger partial charge is 0.507 e. The molecule has 2 N–H and O–H groups in total. The van der Waals surface area contributed by atoms with Crippen molar-refractivity contribution in [3.05, 3.63) is 66.2 Å². The number of hydrogen-bond donors (Lipinski definition) is 2. The second-order valence-electron chi connectivity index (χ2n) is 5.21. The Labute approximate surface area is 133 Å². The van der Waals surface area contributed by atoms with Crippen LogP contribution < -0.4 is 5.32 Å². The van der Waals surface area contributed by atoms with E-state index in [1.54, 1.807) is 42.5 Å². The first-order valence-corrected chi connectivity index (χ1v) is 8.42. The molecular formula is C17H12N2O3S. The number of benzene rings is 3. The maximum absolute atomic E-state index is 12.1. The lowest BCUT2D eigenvalue weighted by Gasteiger charge is -2.10. The Hall–Kier alpha value is -2.86. The van der Waals surface area contributed by atoms with Gasteiger partial charge in [-0.3, -0.25) is 0 Å². The van der Waals surface area contributed by atoms with Crippen LogP contribution >= 0.6 is 0 Å². The molecular weight excluding hydrogens is 312 g/mol. The number of hydrogen-bond acceptors (Lipinski definition) is 4. The van der Waals surface area contributed by atoms with Gasteiger partial charge >= 0.3 is 0 Å². The Kier molecular flexibility index (Phi) is 2.89. The summed E-state index contributed by atoms with van der Waals surface area (Å²) in [7, 11) is -3.66. The minimum Gasteiger partial charge on any atom is -0.507 e. The molecule has 114 valence electrons. The molecule has 0 saturated heterocycles. The third-order valence-corrected chi connectivity index (χ3v) is 5.12. The number of nitrogens with zero attached hydrogens (tertiary/aromatic N) is 1. The molecule has 23 heavy (non-hydrogen) atoms. The third kappa shape index (κ3) is 2.15. The number of phenols is 1. The first kappa shape index (κ1) is 13.8. The average Bonchev–Trinajstić information content (AvgIpc) is 2.80. The maximum Gasteiger partial charge on any atom is 0.285 e. The minimum absolute atomic E-state index is 0.174. The van der Waals surface area contributed by atoms with E-state index in [2.05, 4.69) is 9.71 Å². The highest BCUT2D eigenvalue weighted by molar-refractivity contribution is 7.90. The molecule has 0 atom stereocenters. The van der Waals surface area contributed by atoms with Gasteiger partial charge in [-0.15, -0.1) is 4.40 Å². The van der Waals surface area contributed by atoms with Gasteiger partial charge in [-0.25, -0.2) is 0 Å². The highest BCUT2D eigenvalue weighted by Gasteiger charge is 2.28. The van der Waals surface area contributed by atoms with Crippen molar-refractivity contribution in [3.63, 3.8) is 0 Å². The van der Waals surface area contributed by atoms with Crippen LogP contribution in [-0.4, -0.2) is 19.4 Å². The molecule has 0 aromatic heterocycles. The summed E-state index contributed by atoms with van der Waals surface area (Å²) in [5.41, 5.74) is 1.23. The van der Waals surface area contributed by atoms with E-state index in [9.17, 15) is 13.5 Å². The fraction of sp³-hybridized carbons (Fsp3) is 0. The van der Waals surface area contributed by atoms with Crippen molar-refractivity contribution in [2.24, 2.45) is 4.40 Å². The number of rotatable bonds is 1. The SMILES string of the molecule is O=S1(=O)N=C(Nc2cccc3c(O)cccc23)c2ccccc21. The van der Waals surface area contributed by atoms with Gasteiger partial charge in [0.05, 0.1) is 0 Å². The molecule has 6 heteroatoms. The van der Waals surface area contributed by atoms with Crippen molar-refractivity contribution < 1.29 is 13.5 Å². The lowest BCUT2D eigenvalue weighted by molar-refractivity contribution is 0.481. The molecule has 0 spiro atoms. The predicted molar refractivity (Wildman–Crippen MR) is 89.4 cm³/mol. The van der Waals surface area contributed by atoms with Gasteiger partial charge in [0.1, 0.15) is 10.6 Å². The van der Waals surface area contributed by atoms with E-state index in [1.165, 1.54) is 6.07 Å². The second-order valence-corrected chi connectivity index (χ2v) is 6.79. The second kappa shape index (κ2) is 4.82. The summed E-state index contributed by atoms with van der Waals surface area (Å²) < 4.78 is 28.0. The fourth-order valence-corrected chi connectivity index (χ4v) is 3.90. The smallest absolute Gasteiger partial charge is 0.285 e. The van der Waals surface area contributed by atoms with E-state index in [-0.39, 0.29) is 16.5 Å². The first-order valence-electron chi connectivity index (χ1n) is 6.98. The molecule has 1 aliphatic heterocycles. The zero-order chi connectivity index (χ0) is 16.0. The Morgan fingerprint density at radius 2 is 1.61 bits per heavy atom. The molecule has 0 bridgehead atoms. The first-order chi connectivity index (χ1) is 11.1. The van der Waals surface area contributed by atoms with Crippen LogP contribution in [0.3, 0.4) is 0 Å². The van der Waals surface area contributed by atoms with Gasteiger partial charge in [0, 0.05) is 22.0 Å². The van der Waals surface area contributed by atoms with Crippen LogP contribution in [0.25, 0.3) is 10.8 Å². The van der Waals surface area contributed by atoms with Gasteiger partial charge in [-0.1, -0.05) is 36.4 Å². The van der Waals surface area contributed by atoms with Crippen molar-refractivity contribution in [3.8, 4) is 5.75 Å². The molecule has 0 aliphatic carbocycles. The van der Waals surface area contributed by atoms with Crippen LogP contribution in [0.5, 0.6) is 5.75 Å². The Morgan fingerprint density at radius 1 is 0.870 bits per heavy atom. The summed E-state index contributed by atoms with van der Waals surface area (Å²) in [6, 6.07) is 17.3.